The molecule has 0 atom stereocenters. The summed E-state index contributed by atoms with van der Waals surface area (Å²) in [5.41, 5.74) is -0.798. The number of amides is 1. The molecule has 1 rings (SSSR count). The van der Waals surface area contributed by atoms with Crippen LogP contribution < -0.4 is 0 Å². The van der Waals surface area contributed by atoms with E-state index < -0.39 is 5.60 Å². The molecule has 1 aliphatic carbocycles. The number of hydrogen-bond donors (Lipinski definition) is 1. The number of rotatable bonds is 4. The van der Waals surface area contributed by atoms with Crippen LogP contribution in [-0.4, -0.2) is 40.4 Å². The van der Waals surface area contributed by atoms with Crippen molar-refractivity contribution in [2.75, 3.05) is 6.61 Å². The molecule has 4 nitrogen and oxygen atoms in total. The molecule has 0 aromatic carbocycles. The molecule has 106 valence electrons. The Labute approximate surface area is 110 Å². The zero-order valence-electron chi connectivity index (χ0n) is 12.1. The van der Waals surface area contributed by atoms with Crippen molar-refractivity contribution in [3.63, 3.8) is 0 Å². The Balaban J connectivity index is 2.48. The average Bonchev–Trinajstić information content (AvgIpc) is 2.26. The Bertz CT molecular complexity index is 262. The molecule has 1 amide bonds. The molecule has 1 fully saturated rings. The molecule has 18 heavy (non-hydrogen) atoms. The van der Waals surface area contributed by atoms with Gasteiger partial charge in [0, 0.05) is 12.1 Å². The minimum atomic E-state index is -0.798. The van der Waals surface area contributed by atoms with Crippen molar-refractivity contribution in [1.82, 2.24) is 4.90 Å². The molecule has 0 heterocycles. The quantitative estimate of drug-likeness (QED) is 0.842. The summed E-state index contributed by atoms with van der Waals surface area (Å²) < 4.78 is 5.31. The monoisotopic (exact) mass is 257 g/mol. The molecule has 0 bridgehead atoms. The number of ether oxygens (including phenoxy) is 1. The van der Waals surface area contributed by atoms with Gasteiger partial charge in [0.1, 0.15) is 6.61 Å². The van der Waals surface area contributed by atoms with Gasteiger partial charge in [0.05, 0.1) is 5.60 Å². The fourth-order valence-electron chi connectivity index (χ4n) is 2.64. The minimum Gasteiger partial charge on any atom is -0.446 e. The molecule has 4 heteroatoms. The van der Waals surface area contributed by atoms with E-state index in [1.54, 1.807) is 4.90 Å². The van der Waals surface area contributed by atoms with E-state index in [1.165, 1.54) is 6.42 Å². The van der Waals surface area contributed by atoms with Crippen LogP contribution in [0.5, 0.6) is 0 Å². The summed E-state index contributed by atoms with van der Waals surface area (Å²) in [6.45, 7) is 8.00. The SMILES string of the molecule is CC(C)N(C(=O)OCC1(O)CCCCC1)C(C)C. The number of hydrogen-bond acceptors (Lipinski definition) is 3. The van der Waals surface area contributed by atoms with Gasteiger partial charge in [-0.2, -0.15) is 0 Å². The summed E-state index contributed by atoms with van der Waals surface area (Å²) >= 11 is 0. The smallest absolute Gasteiger partial charge is 0.410 e. The maximum atomic E-state index is 12.0. The Morgan fingerprint density at radius 2 is 1.67 bits per heavy atom. The van der Waals surface area contributed by atoms with Crippen LogP contribution in [0.3, 0.4) is 0 Å². The lowest BCUT2D eigenvalue weighted by Crippen LogP contribution is -2.45. The van der Waals surface area contributed by atoms with Crippen LogP contribution in [0.2, 0.25) is 0 Å². The van der Waals surface area contributed by atoms with Gasteiger partial charge in [-0.1, -0.05) is 19.3 Å². The highest BCUT2D eigenvalue weighted by atomic mass is 16.6. The van der Waals surface area contributed by atoms with Gasteiger partial charge in [-0.3, -0.25) is 0 Å². The standard InChI is InChI=1S/C14H27NO3/c1-11(2)15(12(3)4)13(16)18-10-14(17)8-6-5-7-9-14/h11-12,17H,5-10H2,1-4H3. The number of carbonyl (C=O) groups is 1. The van der Waals surface area contributed by atoms with Crippen molar-refractivity contribution in [1.29, 1.82) is 0 Å². The molecule has 1 aliphatic rings. The third-order valence-corrected chi connectivity index (χ3v) is 3.57. The zero-order valence-corrected chi connectivity index (χ0v) is 12.1. The van der Waals surface area contributed by atoms with Gasteiger partial charge in [-0.15, -0.1) is 0 Å². The molecule has 0 aromatic heterocycles. The lowest BCUT2D eigenvalue weighted by atomic mass is 9.86. The van der Waals surface area contributed by atoms with Crippen LogP contribution in [0.1, 0.15) is 59.8 Å². The van der Waals surface area contributed by atoms with Gasteiger partial charge in [-0.05, 0) is 40.5 Å². The lowest BCUT2D eigenvalue weighted by molar-refractivity contribution is -0.0554. The second-order valence-corrected chi connectivity index (χ2v) is 5.93. The van der Waals surface area contributed by atoms with E-state index in [2.05, 4.69) is 0 Å². The molecular formula is C14H27NO3. The molecule has 1 N–H and O–H groups in total. The Morgan fingerprint density at radius 3 is 2.11 bits per heavy atom. The van der Waals surface area contributed by atoms with E-state index in [0.717, 1.165) is 25.7 Å². The Morgan fingerprint density at radius 1 is 1.17 bits per heavy atom. The second kappa shape index (κ2) is 6.41. The van der Waals surface area contributed by atoms with Gasteiger partial charge in [0.15, 0.2) is 0 Å². The first-order valence-corrected chi connectivity index (χ1v) is 7.03. The fraction of sp³-hybridized carbons (Fsp3) is 0.929. The van der Waals surface area contributed by atoms with Crippen molar-refractivity contribution < 1.29 is 14.6 Å². The third kappa shape index (κ3) is 4.16. The van der Waals surface area contributed by atoms with Crippen molar-refractivity contribution in [2.24, 2.45) is 0 Å². The molecule has 0 radical (unpaired) electrons. The van der Waals surface area contributed by atoms with Crippen molar-refractivity contribution in [3.05, 3.63) is 0 Å². The first-order valence-electron chi connectivity index (χ1n) is 7.03. The maximum absolute atomic E-state index is 12.0. The van der Waals surface area contributed by atoms with Gasteiger partial charge in [0.2, 0.25) is 0 Å². The van der Waals surface area contributed by atoms with Crippen LogP contribution in [0.4, 0.5) is 4.79 Å². The van der Waals surface area contributed by atoms with Gasteiger partial charge >= 0.3 is 6.09 Å². The van der Waals surface area contributed by atoms with E-state index in [9.17, 15) is 9.90 Å². The van der Waals surface area contributed by atoms with Crippen molar-refractivity contribution in [3.8, 4) is 0 Å². The van der Waals surface area contributed by atoms with Crippen molar-refractivity contribution >= 4 is 6.09 Å². The number of nitrogens with zero attached hydrogens (tertiary/aromatic N) is 1. The largest absolute Gasteiger partial charge is 0.446 e. The Hall–Kier alpha value is -0.770. The predicted octanol–water partition coefficient (Wildman–Crippen LogP) is 2.94. The molecule has 0 aliphatic heterocycles. The van der Waals surface area contributed by atoms with E-state index in [1.807, 2.05) is 27.7 Å². The second-order valence-electron chi connectivity index (χ2n) is 5.93. The maximum Gasteiger partial charge on any atom is 0.410 e. The summed E-state index contributed by atoms with van der Waals surface area (Å²) in [6, 6.07) is 0.219. The fourth-order valence-corrected chi connectivity index (χ4v) is 2.64. The molecular weight excluding hydrogens is 230 g/mol. The van der Waals surface area contributed by atoms with Gasteiger partial charge in [0.25, 0.3) is 0 Å². The predicted molar refractivity (Wildman–Crippen MR) is 71.5 cm³/mol. The summed E-state index contributed by atoms with van der Waals surface area (Å²) in [5.74, 6) is 0. The number of aliphatic hydroxyl groups is 1. The Kier molecular flexibility index (Phi) is 5.45. The first-order chi connectivity index (χ1) is 8.36. The van der Waals surface area contributed by atoms with Crippen LogP contribution in [0.25, 0.3) is 0 Å². The first kappa shape index (κ1) is 15.3. The van der Waals surface area contributed by atoms with E-state index >= 15 is 0 Å². The minimum absolute atomic E-state index is 0.110. The lowest BCUT2D eigenvalue weighted by Gasteiger charge is -2.34. The van der Waals surface area contributed by atoms with E-state index in [0.29, 0.717) is 0 Å². The van der Waals surface area contributed by atoms with E-state index in [4.69, 9.17) is 4.74 Å². The highest BCUT2D eigenvalue weighted by Gasteiger charge is 2.32. The van der Waals surface area contributed by atoms with Crippen LogP contribution in [-0.2, 0) is 4.74 Å². The molecule has 0 saturated heterocycles. The van der Waals surface area contributed by atoms with Gasteiger partial charge < -0.3 is 14.7 Å². The summed E-state index contributed by atoms with van der Waals surface area (Å²) in [7, 11) is 0. The van der Waals surface area contributed by atoms with E-state index in [-0.39, 0.29) is 24.8 Å². The highest BCUT2D eigenvalue weighted by molar-refractivity contribution is 5.68. The summed E-state index contributed by atoms with van der Waals surface area (Å²) in [5, 5.41) is 10.3. The third-order valence-electron chi connectivity index (χ3n) is 3.57. The summed E-state index contributed by atoms with van der Waals surface area (Å²) in [6.07, 6.45) is 4.37. The molecule has 0 unspecified atom stereocenters. The molecule has 1 saturated carbocycles. The van der Waals surface area contributed by atoms with Crippen LogP contribution >= 0.6 is 0 Å². The molecule has 0 spiro atoms. The number of carbonyl (C=O) groups excluding carboxylic acids is 1. The summed E-state index contributed by atoms with van der Waals surface area (Å²) in [4.78, 5) is 13.7. The van der Waals surface area contributed by atoms with Crippen molar-refractivity contribution in [2.45, 2.75) is 77.5 Å². The normalized spacial score (nSPS) is 19.1. The molecule has 0 aromatic rings. The zero-order chi connectivity index (χ0) is 13.8. The average molecular weight is 257 g/mol. The van der Waals surface area contributed by atoms with Gasteiger partial charge in [-0.25, -0.2) is 4.79 Å². The van der Waals surface area contributed by atoms with Crippen LogP contribution in [0.15, 0.2) is 0 Å². The topological polar surface area (TPSA) is 49.8 Å². The highest BCUT2D eigenvalue weighted by Crippen LogP contribution is 2.28. The van der Waals surface area contributed by atoms with Crippen LogP contribution in [0, 0.1) is 0 Å².